The number of carbonyl (C=O) groups is 5. The van der Waals surface area contributed by atoms with Crippen LogP contribution in [0.25, 0.3) is 11.1 Å². The number of alkyl carbamates (subject to hydrolysis) is 2. The predicted octanol–water partition coefficient (Wildman–Crippen LogP) is 3.80. The van der Waals surface area contributed by atoms with Crippen LogP contribution >= 0.6 is 0 Å². The second-order valence-electron chi connectivity index (χ2n) is 11.4. The molecule has 0 fully saturated rings. The smallest absolute Gasteiger partial charge is 0.408 e. The van der Waals surface area contributed by atoms with Crippen molar-refractivity contribution in [3.8, 4) is 11.1 Å². The Morgan fingerprint density at radius 2 is 1.36 bits per heavy atom. The Balaban J connectivity index is 1.17. The Morgan fingerprint density at radius 3 is 1.93 bits per heavy atom. The van der Waals surface area contributed by atoms with E-state index in [4.69, 9.17) is 9.47 Å². The molecule has 0 saturated carbocycles. The molecule has 0 aliphatic heterocycles. The molecule has 3 aromatic rings. The molecule has 4 amide bonds. The maximum atomic E-state index is 12.3. The summed E-state index contributed by atoms with van der Waals surface area (Å²) in [5, 5.41) is 19.3. The lowest BCUT2D eigenvalue weighted by molar-refractivity contribution is -0.139. The molecule has 0 heterocycles. The maximum absolute atomic E-state index is 12.3. The highest BCUT2D eigenvalue weighted by Crippen LogP contribution is 2.44. The summed E-state index contributed by atoms with van der Waals surface area (Å²) in [4.78, 5) is 60.4. The fourth-order valence-corrected chi connectivity index (χ4v) is 4.86. The fourth-order valence-electron chi connectivity index (χ4n) is 4.86. The monoisotopic (exact) mass is 616 g/mol. The predicted molar refractivity (Wildman–Crippen MR) is 166 cm³/mol. The van der Waals surface area contributed by atoms with Gasteiger partial charge in [0.25, 0.3) is 0 Å². The number of benzene rings is 3. The van der Waals surface area contributed by atoms with Gasteiger partial charge in [0.05, 0.1) is 6.54 Å². The van der Waals surface area contributed by atoms with Gasteiger partial charge in [-0.1, -0.05) is 60.7 Å². The normalized spacial score (nSPS) is 12.6. The van der Waals surface area contributed by atoms with Gasteiger partial charge in [-0.25, -0.2) is 14.4 Å². The number of carboxylic acid groups (broad SMARTS) is 1. The number of rotatable bonds is 11. The average Bonchev–Trinajstić information content (AvgIpc) is 3.31. The molecule has 12 heteroatoms. The topological polar surface area (TPSA) is 172 Å². The van der Waals surface area contributed by atoms with E-state index in [0.29, 0.717) is 11.3 Å². The molecular formula is C33H36N4O8. The molecule has 5 N–H and O–H groups in total. The van der Waals surface area contributed by atoms with Gasteiger partial charge in [-0.05, 0) is 60.7 Å². The number of carbonyl (C=O) groups excluding carboxylic acids is 4. The van der Waals surface area contributed by atoms with E-state index in [1.165, 1.54) is 0 Å². The van der Waals surface area contributed by atoms with Crippen LogP contribution in [0.3, 0.4) is 0 Å². The number of carboxylic acids is 1. The maximum Gasteiger partial charge on any atom is 0.408 e. The van der Waals surface area contributed by atoms with Crippen LogP contribution in [0.2, 0.25) is 0 Å². The minimum atomic E-state index is -1.22. The Hall–Kier alpha value is -5.39. The molecule has 12 nitrogen and oxygen atoms in total. The van der Waals surface area contributed by atoms with Crippen LogP contribution in [0.5, 0.6) is 0 Å². The van der Waals surface area contributed by atoms with Crippen LogP contribution in [0.15, 0.2) is 72.8 Å². The Labute approximate surface area is 260 Å². The first-order valence-corrected chi connectivity index (χ1v) is 14.4. The lowest BCUT2D eigenvalue weighted by Gasteiger charge is -2.22. The van der Waals surface area contributed by atoms with Crippen molar-refractivity contribution >= 4 is 35.7 Å². The molecule has 0 aromatic heterocycles. The van der Waals surface area contributed by atoms with Gasteiger partial charge in [-0.15, -0.1) is 0 Å². The summed E-state index contributed by atoms with van der Waals surface area (Å²) in [6, 6.07) is 21.1. The molecule has 0 radical (unpaired) electrons. The average molecular weight is 617 g/mol. The number of hydrogen-bond acceptors (Lipinski definition) is 7. The molecule has 0 bridgehead atoms. The van der Waals surface area contributed by atoms with Crippen molar-refractivity contribution in [2.24, 2.45) is 0 Å². The third-order valence-electron chi connectivity index (χ3n) is 6.85. The zero-order valence-electron chi connectivity index (χ0n) is 25.2. The summed E-state index contributed by atoms with van der Waals surface area (Å²) in [6.45, 7) is 4.41. The van der Waals surface area contributed by atoms with Gasteiger partial charge >= 0.3 is 18.2 Å². The van der Waals surface area contributed by atoms with E-state index in [9.17, 15) is 29.1 Å². The van der Waals surface area contributed by atoms with Crippen LogP contribution in [-0.4, -0.2) is 66.4 Å². The van der Waals surface area contributed by atoms with Gasteiger partial charge in [-0.2, -0.15) is 0 Å². The summed E-state index contributed by atoms with van der Waals surface area (Å²) in [5.41, 5.74) is 4.61. The highest BCUT2D eigenvalue weighted by atomic mass is 16.6. The summed E-state index contributed by atoms with van der Waals surface area (Å²) in [7, 11) is 0. The fraction of sp³-hybridized carbons (Fsp3) is 0.303. The molecule has 1 aliphatic rings. The summed E-state index contributed by atoms with van der Waals surface area (Å²) in [6.07, 6.45) is -1.59. The van der Waals surface area contributed by atoms with E-state index in [1.54, 1.807) is 45.0 Å². The van der Waals surface area contributed by atoms with E-state index < -0.39 is 41.6 Å². The van der Waals surface area contributed by atoms with E-state index >= 15 is 0 Å². The molecule has 45 heavy (non-hydrogen) atoms. The van der Waals surface area contributed by atoms with Crippen LogP contribution in [-0.2, 0) is 30.3 Å². The SMILES string of the molecule is CC(C)(C)OC(=O)N[C@@H](Cc1ccc(NC(=O)CNC(=O)CNC(=O)OCC2c3ccccc3-c3ccccc32)cc1)C(=O)O. The highest BCUT2D eigenvalue weighted by molar-refractivity contribution is 5.95. The number of fused-ring (bicyclic) bond motifs is 3. The van der Waals surface area contributed by atoms with Gasteiger partial charge in [0.2, 0.25) is 11.8 Å². The van der Waals surface area contributed by atoms with Gasteiger partial charge < -0.3 is 35.8 Å². The lowest BCUT2D eigenvalue weighted by atomic mass is 9.98. The van der Waals surface area contributed by atoms with Crippen molar-refractivity contribution < 1.29 is 38.6 Å². The zero-order valence-corrected chi connectivity index (χ0v) is 25.2. The first-order valence-electron chi connectivity index (χ1n) is 14.4. The van der Waals surface area contributed by atoms with Crippen molar-refractivity contribution in [1.82, 2.24) is 16.0 Å². The number of aliphatic carboxylic acids is 1. The second kappa shape index (κ2) is 14.4. The van der Waals surface area contributed by atoms with Crippen molar-refractivity contribution in [3.05, 3.63) is 89.5 Å². The van der Waals surface area contributed by atoms with Crippen molar-refractivity contribution in [3.63, 3.8) is 0 Å². The number of amides is 4. The zero-order chi connectivity index (χ0) is 32.6. The van der Waals surface area contributed by atoms with Crippen LogP contribution in [0, 0.1) is 0 Å². The van der Waals surface area contributed by atoms with Crippen LogP contribution < -0.4 is 21.3 Å². The Kier molecular flexibility index (Phi) is 10.4. The molecule has 0 saturated heterocycles. The molecule has 1 aliphatic carbocycles. The Bertz CT molecular complexity index is 1520. The van der Waals surface area contributed by atoms with Crippen molar-refractivity contribution in [2.75, 3.05) is 25.0 Å². The first-order chi connectivity index (χ1) is 21.4. The summed E-state index contributed by atoms with van der Waals surface area (Å²) in [5.74, 6) is -2.41. The second-order valence-corrected chi connectivity index (χ2v) is 11.4. The van der Waals surface area contributed by atoms with E-state index in [2.05, 4.69) is 21.3 Å². The van der Waals surface area contributed by atoms with E-state index in [-0.39, 0.29) is 32.0 Å². The quantitative estimate of drug-likeness (QED) is 0.216. The molecule has 236 valence electrons. The number of ether oxygens (including phenoxy) is 2. The summed E-state index contributed by atoms with van der Waals surface area (Å²) < 4.78 is 10.5. The number of hydrogen-bond donors (Lipinski definition) is 5. The largest absolute Gasteiger partial charge is 0.480 e. The molecule has 0 unspecified atom stereocenters. The Morgan fingerprint density at radius 1 is 0.778 bits per heavy atom. The van der Waals surface area contributed by atoms with Crippen molar-refractivity contribution in [2.45, 2.75) is 44.8 Å². The van der Waals surface area contributed by atoms with Crippen LogP contribution in [0.4, 0.5) is 15.3 Å². The van der Waals surface area contributed by atoms with Gasteiger partial charge in [0.15, 0.2) is 0 Å². The lowest BCUT2D eigenvalue weighted by Crippen LogP contribution is -2.44. The third kappa shape index (κ3) is 9.30. The molecule has 3 aromatic carbocycles. The minimum absolute atomic E-state index is 0.00443. The summed E-state index contributed by atoms with van der Waals surface area (Å²) >= 11 is 0. The molecular weight excluding hydrogens is 580 g/mol. The van der Waals surface area contributed by atoms with Gasteiger partial charge in [-0.3, -0.25) is 9.59 Å². The highest BCUT2D eigenvalue weighted by Gasteiger charge is 2.29. The van der Waals surface area contributed by atoms with Gasteiger partial charge in [0, 0.05) is 18.0 Å². The molecule has 1 atom stereocenters. The van der Waals surface area contributed by atoms with E-state index in [1.807, 2.05) is 48.5 Å². The van der Waals surface area contributed by atoms with Gasteiger partial charge in [0.1, 0.15) is 24.8 Å². The third-order valence-corrected chi connectivity index (χ3v) is 6.85. The molecule has 4 rings (SSSR count). The van der Waals surface area contributed by atoms with E-state index in [0.717, 1.165) is 22.3 Å². The molecule has 0 spiro atoms. The number of anilines is 1. The van der Waals surface area contributed by atoms with Crippen molar-refractivity contribution in [1.29, 1.82) is 0 Å². The minimum Gasteiger partial charge on any atom is -0.480 e. The first kappa shape index (κ1) is 32.5. The van der Waals surface area contributed by atoms with Crippen LogP contribution in [0.1, 0.15) is 43.4 Å². The standard InChI is InChI=1S/C33H36N4O8/c1-33(2,3)45-32(43)37-27(30(40)41)16-20-12-14-21(15-13-20)36-29(39)18-34-28(38)17-35-31(42)44-19-26-24-10-6-4-8-22(24)23-9-5-7-11-25(23)26/h4-15,26-27H,16-19H2,1-3H3,(H,34,38)(H,35,42)(H,36,39)(H,37,43)(H,40,41)/t27-/m0/s1. The number of nitrogens with one attached hydrogen (secondary N) is 4.